The van der Waals surface area contributed by atoms with E-state index in [0.29, 0.717) is 29.0 Å². The summed E-state index contributed by atoms with van der Waals surface area (Å²) < 4.78 is 1.75. The second-order valence-corrected chi connectivity index (χ2v) is 8.04. The summed E-state index contributed by atoms with van der Waals surface area (Å²) in [5, 5.41) is 0.628. The first-order chi connectivity index (χ1) is 13.7. The van der Waals surface area contributed by atoms with Gasteiger partial charge in [0.1, 0.15) is 10.7 Å². The molecule has 0 saturated carbocycles. The monoisotopic (exact) mass is 386 g/mol. The summed E-state index contributed by atoms with van der Waals surface area (Å²) in [6, 6.07) is 19.7. The SMILES string of the molecule is O=C1CCCc2c1sc1nc(-c3ccccc3)n(Cc3ccccc3)c(=O)c21. The summed E-state index contributed by atoms with van der Waals surface area (Å²) in [7, 11) is 0. The van der Waals surface area contributed by atoms with Gasteiger partial charge in [-0.05, 0) is 24.0 Å². The molecule has 138 valence electrons. The fraction of sp³-hybridized carbons (Fsp3) is 0.174. The van der Waals surface area contributed by atoms with E-state index in [4.69, 9.17) is 4.98 Å². The van der Waals surface area contributed by atoms with Crippen LogP contribution >= 0.6 is 11.3 Å². The van der Waals surface area contributed by atoms with E-state index in [1.165, 1.54) is 11.3 Å². The Morgan fingerprint density at radius 1 is 0.929 bits per heavy atom. The third kappa shape index (κ3) is 2.79. The van der Waals surface area contributed by atoms with Crippen LogP contribution in [0.25, 0.3) is 21.6 Å². The molecule has 0 unspecified atom stereocenters. The van der Waals surface area contributed by atoms with E-state index in [1.54, 1.807) is 4.57 Å². The molecule has 0 atom stereocenters. The molecule has 0 bridgehead atoms. The summed E-state index contributed by atoms with van der Waals surface area (Å²) in [5.41, 5.74) is 2.79. The van der Waals surface area contributed by atoms with Crippen LogP contribution in [0.5, 0.6) is 0 Å². The van der Waals surface area contributed by atoms with Crippen molar-refractivity contribution in [1.29, 1.82) is 0 Å². The molecule has 0 aliphatic heterocycles. The van der Waals surface area contributed by atoms with Crippen molar-refractivity contribution in [3.63, 3.8) is 0 Å². The molecule has 2 heterocycles. The van der Waals surface area contributed by atoms with Crippen molar-refractivity contribution in [2.45, 2.75) is 25.8 Å². The largest absolute Gasteiger partial charge is 0.293 e. The molecule has 0 N–H and O–H groups in total. The van der Waals surface area contributed by atoms with Crippen LogP contribution in [-0.4, -0.2) is 15.3 Å². The van der Waals surface area contributed by atoms with Gasteiger partial charge in [0.05, 0.1) is 16.8 Å². The number of Topliss-reactive ketones (excluding diaryl/α,β-unsaturated/α-hetero) is 1. The number of nitrogens with zero attached hydrogens (tertiary/aromatic N) is 2. The number of hydrogen-bond acceptors (Lipinski definition) is 4. The van der Waals surface area contributed by atoms with E-state index < -0.39 is 0 Å². The van der Waals surface area contributed by atoms with Crippen molar-refractivity contribution in [3.05, 3.63) is 87.0 Å². The van der Waals surface area contributed by atoms with Gasteiger partial charge in [0.15, 0.2) is 5.78 Å². The number of aryl methyl sites for hydroxylation is 1. The molecular formula is C23H18N2O2S. The maximum atomic E-state index is 13.6. The van der Waals surface area contributed by atoms with Crippen LogP contribution in [0.4, 0.5) is 0 Å². The quantitative estimate of drug-likeness (QED) is 0.513. The van der Waals surface area contributed by atoms with Crippen molar-refractivity contribution in [3.8, 4) is 11.4 Å². The minimum absolute atomic E-state index is 0.0556. The zero-order chi connectivity index (χ0) is 19.1. The first kappa shape index (κ1) is 17.1. The van der Waals surface area contributed by atoms with E-state index >= 15 is 0 Å². The molecule has 0 radical (unpaired) electrons. The third-order valence-corrected chi connectivity index (χ3v) is 6.38. The molecule has 2 aromatic carbocycles. The maximum absolute atomic E-state index is 13.6. The van der Waals surface area contributed by atoms with Gasteiger partial charge in [-0.2, -0.15) is 0 Å². The van der Waals surface area contributed by atoms with Crippen LogP contribution < -0.4 is 5.56 Å². The van der Waals surface area contributed by atoms with E-state index in [-0.39, 0.29) is 11.3 Å². The van der Waals surface area contributed by atoms with Crippen molar-refractivity contribution >= 4 is 27.3 Å². The number of carbonyl (C=O) groups excluding carboxylic acids is 1. The first-order valence-electron chi connectivity index (χ1n) is 9.41. The smallest absolute Gasteiger partial charge is 0.263 e. The van der Waals surface area contributed by atoms with Crippen LogP contribution in [-0.2, 0) is 13.0 Å². The first-order valence-corrected chi connectivity index (χ1v) is 10.2. The number of carbonyl (C=O) groups is 1. The van der Waals surface area contributed by atoms with Crippen LogP contribution in [0, 0.1) is 0 Å². The molecule has 0 spiro atoms. The van der Waals surface area contributed by atoms with E-state index in [0.717, 1.165) is 34.4 Å². The lowest BCUT2D eigenvalue weighted by Gasteiger charge is -2.14. The summed E-state index contributed by atoms with van der Waals surface area (Å²) >= 11 is 1.37. The number of fused-ring (bicyclic) bond motifs is 3. The molecule has 4 aromatic rings. The highest BCUT2D eigenvalue weighted by atomic mass is 32.1. The lowest BCUT2D eigenvalue weighted by molar-refractivity contribution is 0.0977. The van der Waals surface area contributed by atoms with Gasteiger partial charge in [0.25, 0.3) is 5.56 Å². The molecule has 5 heteroatoms. The zero-order valence-corrected chi connectivity index (χ0v) is 16.0. The standard InChI is InChI=1S/C23H18N2O2S/c26-18-13-7-12-17-19-22(28-20(17)18)24-21(16-10-5-2-6-11-16)25(23(19)27)14-15-8-3-1-4-9-15/h1-6,8-11H,7,12-14H2. The van der Waals surface area contributed by atoms with Crippen LogP contribution in [0.2, 0.25) is 0 Å². The van der Waals surface area contributed by atoms with Gasteiger partial charge in [0.2, 0.25) is 0 Å². The second kappa shape index (κ2) is 6.84. The third-order valence-electron chi connectivity index (χ3n) is 5.21. The Balaban J connectivity index is 1.80. The highest BCUT2D eigenvalue weighted by molar-refractivity contribution is 7.20. The van der Waals surface area contributed by atoms with Gasteiger partial charge in [-0.1, -0.05) is 60.7 Å². The molecule has 28 heavy (non-hydrogen) atoms. The summed E-state index contributed by atoms with van der Waals surface area (Å²) in [5.74, 6) is 0.785. The predicted octanol–water partition coefficient (Wildman–Crippen LogP) is 4.69. The minimum Gasteiger partial charge on any atom is -0.293 e. The molecule has 4 nitrogen and oxygen atoms in total. The van der Waals surface area contributed by atoms with E-state index in [2.05, 4.69) is 0 Å². The molecule has 2 aromatic heterocycles. The van der Waals surface area contributed by atoms with Gasteiger partial charge in [-0.25, -0.2) is 4.98 Å². The number of aromatic nitrogens is 2. The molecule has 0 amide bonds. The fourth-order valence-corrected chi connectivity index (χ4v) is 5.04. The lowest BCUT2D eigenvalue weighted by atomic mass is 9.96. The van der Waals surface area contributed by atoms with E-state index in [1.807, 2.05) is 60.7 Å². The summed E-state index contributed by atoms with van der Waals surface area (Å²) in [4.78, 5) is 32.2. The highest BCUT2D eigenvalue weighted by Crippen LogP contribution is 2.35. The number of hydrogen-bond donors (Lipinski definition) is 0. The van der Waals surface area contributed by atoms with Crippen molar-refractivity contribution in [2.24, 2.45) is 0 Å². The van der Waals surface area contributed by atoms with E-state index in [9.17, 15) is 9.59 Å². The number of ketones is 1. The topological polar surface area (TPSA) is 52.0 Å². The average molecular weight is 386 g/mol. The number of rotatable bonds is 3. The predicted molar refractivity (Wildman–Crippen MR) is 112 cm³/mol. The second-order valence-electron chi connectivity index (χ2n) is 7.04. The van der Waals surface area contributed by atoms with Crippen molar-refractivity contribution < 1.29 is 4.79 Å². The molecule has 1 aliphatic rings. The van der Waals surface area contributed by atoms with Gasteiger partial charge >= 0.3 is 0 Å². The fourth-order valence-electron chi connectivity index (χ4n) is 3.86. The Kier molecular flexibility index (Phi) is 4.17. The summed E-state index contributed by atoms with van der Waals surface area (Å²) in [6.07, 6.45) is 2.13. The maximum Gasteiger partial charge on any atom is 0.263 e. The minimum atomic E-state index is -0.0556. The molecular weight excluding hydrogens is 368 g/mol. The van der Waals surface area contributed by atoms with Crippen LogP contribution in [0.1, 0.15) is 33.6 Å². The lowest BCUT2D eigenvalue weighted by Crippen LogP contribution is -2.24. The van der Waals surface area contributed by atoms with Gasteiger partial charge < -0.3 is 0 Å². The van der Waals surface area contributed by atoms with Crippen molar-refractivity contribution in [2.75, 3.05) is 0 Å². The Morgan fingerprint density at radius 3 is 2.39 bits per heavy atom. The van der Waals surface area contributed by atoms with Gasteiger partial charge in [-0.15, -0.1) is 11.3 Å². The van der Waals surface area contributed by atoms with Crippen LogP contribution in [0.15, 0.2) is 65.5 Å². The molecule has 0 fully saturated rings. The highest BCUT2D eigenvalue weighted by Gasteiger charge is 2.26. The molecule has 1 aliphatic carbocycles. The Bertz CT molecular complexity index is 1240. The Morgan fingerprint density at radius 2 is 1.64 bits per heavy atom. The zero-order valence-electron chi connectivity index (χ0n) is 15.2. The number of thiophene rings is 1. The van der Waals surface area contributed by atoms with Crippen molar-refractivity contribution in [1.82, 2.24) is 9.55 Å². The molecule has 0 saturated heterocycles. The number of benzene rings is 2. The van der Waals surface area contributed by atoms with Gasteiger partial charge in [0, 0.05) is 12.0 Å². The Labute approximate surface area is 166 Å². The molecule has 5 rings (SSSR count). The van der Waals surface area contributed by atoms with Gasteiger partial charge in [-0.3, -0.25) is 14.2 Å². The van der Waals surface area contributed by atoms with Crippen LogP contribution in [0.3, 0.4) is 0 Å². The normalized spacial score (nSPS) is 13.6. The summed E-state index contributed by atoms with van der Waals surface area (Å²) in [6.45, 7) is 0.450. The Hall–Kier alpha value is -3.05. The average Bonchev–Trinajstić information content (AvgIpc) is 3.12.